The highest BCUT2D eigenvalue weighted by atomic mass is 16.5. The molecule has 0 aromatic heterocycles. The van der Waals surface area contributed by atoms with E-state index < -0.39 is 17.5 Å². The summed E-state index contributed by atoms with van der Waals surface area (Å²) in [4.78, 5) is 21.6. The molecule has 0 atom stereocenters. The molecule has 0 aliphatic heterocycles. The van der Waals surface area contributed by atoms with Gasteiger partial charge in [0.05, 0.1) is 14.2 Å². The maximum Gasteiger partial charge on any atom is 0.328 e. The lowest BCUT2D eigenvalue weighted by Crippen LogP contribution is -2.34. The van der Waals surface area contributed by atoms with Crippen LogP contribution >= 0.6 is 0 Å². The highest BCUT2D eigenvalue weighted by molar-refractivity contribution is 5.89. The minimum absolute atomic E-state index is 0.558. The van der Waals surface area contributed by atoms with Crippen LogP contribution in [-0.4, -0.2) is 66.0 Å². The summed E-state index contributed by atoms with van der Waals surface area (Å²) in [6, 6.07) is 15.5. The highest BCUT2D eigenvalue weighted by Gasteiger charge is 2.31. The quantitative estimate of drug-likeness (QED) is 0.291. The van der Waals surface area contributed by atoms with E-state index in [1.54, 1.807) is 14.2 Å². The van der Waals surface area contributed by atoms with Crippen molar-refractivity contribution in [2.45, 2.75) is 46.1 Å². The van der Waals surface area contributed by atoms with Gasteiger partial charge >= 0.3 is 11.9 Å². The predicted molar refractivity (Wildman–Crippen MR) is 149 cm³/mol. The molecule has 0 amide bonds. The zero-order valence-corrected chi connectivity index (χ0v) is 23.4. The van der Waals surface area contributed by atoms with Crippen LogP contribution < -0.4 is 9.47 Å². The molecular weight excluding hydrogens is 486 g/mol. The number of aliphatic carboxylic acids is 2. The molecule has 0 aliphatic carbocycles. The van der Waals surface area contributed by atoms with Crippen LogP contribution in [0.5, 0.6) is 11.5 Å². The van der Waals surface area contributed by atoms with Crippen molar-refractivity contribution in [3.8, 4) is 11.5 Å². The number of hydrogen-bond donors (Lipinski definition) is 3. The fourth-order valence-electron chi connectivity index (χ4n) is 4.18. The number of nitrogens with zero attached hydrogens (tertiary/aromatic N) is 1. The molecule has 0 heterocycles. The second-order valence-electron chi connectivity index (χ2n) is 9.98. The largest absolute Gasteiger partial charge is 0.497 e. The van der Waals surface area contributed by atoms with Gasteiger partial charge in [0.25, 0.3) is 0 Å². The molecule has 0 unspecified atom stereocenters. The topological polar surface area (TPSA) is 117 Å². The Morgan fingerprint density at radius 1 is 0.789 bits per heavy atom. The number of benzene rings is 2. The Bertz CT molecular complexity index is 925. The van der Waals surface area contributed by atoms with Crippen molar-refractivity contribution in [3.05, 3.63) is 71.8 Å². The predicted octanol–water partition coefficient (Wildman–Crippen LogP) is 5.05. The van der Waals surface area contributed by atoms with Crippen LogP contribution in [0, 0.1) is 11.8 Å². The maximum absolute atomic E-state index is 11.9. The van der Waals surface area contributed by atoms with Crippen LogP contribution in [0.25, 0.3) is 0 Å². The average Bonchev–Trinajstić information content (AvgIpc) is 2.87. The van der Waals surface area contributed by atoms with Crippen molar-refractivity contribution < 1.29 is 34.4 Å². The lowest BCUT2D eigenvalue weighted by molar-refractivity contribution is -0.134. The van der Waals surface area contributed by atoms with E-state index in [0.717, 1.165) is 48.7 Å². The van der Waals surface area contributed by atoms with E-state index in [1.807, 2.05) is 48.5 Å². The molecule has 210 valence electrons. The molecule has 0 bridgehead atoms. The second kappa shape index (κ2) is 16.5. The van der Waals surface area contributed by atoms with Crippen LogP contribution in [0.15, 0.2) is 60.7 Å². The summed E-state index contributed by atoms with van der Waals surface area (Å²) in [6.07, 6.45) is 2.68. The van der Waals surface area contributed by atoms with Crippen molar-refractivity contribution in [1.82, 2.24) is 4.90 Å². The van der Waals surface area contributed by atoms with Crippen molar-refractivity contribution in [3.63, 3.8) is 0 Å². The Labute approximate surface area is 226 Å². The molecule has 2 aromatic rings. The Morgan fingerprint density at radius 2 is 1.16 bits per heavy atom. The molecule has 0 saturated heterocycles. The Morgan fingerprint density at radius 3 is 1.45 bits per heavy atom. The number of aliphatic hydroxyl groups is 1. The fraction of sp³-hybridized carbons (Fsp3) is 0.467. The molecule has 2 rings (SSSR count). The molecule has 2 aromatic carbocycles. The summed E-state index contributed by atoms with van der Waals surface area (Å²) in [6.45, 7) is 12.2. The van der Waals surface area contributed by atoms with Gasteiger partial charge in [0.1, 0.15) is 17.1 Å². The van der Waals surface area contributed by atoms with E-state index in [9.17, 15) is 14.7 Å². The molecule has 38 heavy (non-hydrogen) atoms. The van der Waals surface area contributed by atoms with Gasteiger partial charge in [-0.25, -0.2) is 9.59 Å². The first-order valence-electron chi connectivity index (χ1n) is 12.8. The smallest absolute Gasteiger partial charge is 0.328 e. The van der Waals surface area contributed by atoms with Gasteiger partial charge in [-0.3, -0.25) is 0 Å². The molecule has 0 radical (unpaired) electrons. The zero-order valence-electron chi connectivity index (χ0n) is 23.4. The fourth-order valence-corrected chi connectivity index (χ4v) is 4.18. The molecule has 8 heteroatoms. The zero-order chi connectivity index (χ0) is 28.7. The third kappa shape index (κ3) is 11.8. The van der Waals surface area contributed by atoms with Crippen LogP contribution in [0.1, 0.15) is 51.7 Å². The molecule has 3 N–H and O–H groups in total. The first-order chi connectivity index (χ1) is 17.9. The molecule has 0 aliphatic rings. The van der Waals surface area contributed by atoms with Crippen molar-refractivity contribution in [2.75, 3.05) is 33.9 Å². The lowest BCUT2D eigenvalue weighted by Gasteiger charge is -2.32. The monoisotopic (exact) mass is 529 g/mol. The summed E-state index contributed by atoms with van der Waals surface area (Å²) in [7, 11) is 3.31. The maximum atomic E-state index is 11.9. The van der Waals surface area contributed by atoms with E-state index in [4.69, 9.17) is 19.7 Å². The minimum Gasteiger partial charge on any atom is -0.497 e. The van der Waals surface area contributed by atoms with Crippen molar-refractivity contribution >= 4 is 11.9 Å². The number of carbonyl (C=O) groups is 2. The highest BCUT2D eigenvalue weighted by Crippen LogP contribution is 2.36. The molecule has 0 fully saturated rings. The van der Waals surface area contributed by atoms with Crippen molar-refractivity contribution in [2.24, 2.45) is 11.8 Å². The third-order valence-electron chi connectivity index (χ3n) is 5.76. The van der Waals surface area contributed by atoms with Gasteiger partial charge in [-0.05, 0) is 66.6 Å². The number of carboxylic acids is 2. The van der Waals surface area contributed by atoms with E-state index >= 15 is 0 Å². The Kier molecular flexibility index (Phi) is 14.2. The van der Waals surface area contributed by atoms with Crippen LogP contribution in [0.2, 0.25) is 0 Å². The summed E-state index contributed by atoms with van der Waals surface area (Å²) in [5.74, 6) is 0.322. The molecular formula is C30H43NO7. The first-order valence-corrected chi connectivity index (χ1v) is 12.8. The van der Waals surface area contributed by atoms with Gasteiger partial charge in [0.15, 0.2) is 0 Å². The van der Waals surface area contributed by atoms with E-state index in [0.29, 0.717) is 30.4 Å². The van der Waals surface area contributed by atoms with Gasteiger partial charge in [-0.2, -0.15) is 0 Å². The number of hydrogen-bond acceptors (Lipinski definition) is 6. The van der Waals surface area contributed by atoms with Gasteiger partial charge in [-0.1, -0.05) is 52.0 Å². The van der Waals surface area contributed by atoms with Crippen LogP contribution in [0.3, 0.4) is 0 Å². The summed E-state index contributed by atoms with van der Waals surface area (Å²) in [5.41, 5.74) is 0.709. The molecule has 8 nitrogen and oxygen atoms in total. The molecule has 0 spiro atoms. The standard InChI is InChI=1S/C26H39NO3.C4H4O4/c1-20(2)18-27(19-21(3)4)17-7-16-26(28,22-8-12-24(29-5)13-9-22)23-10-14-25(30-6)15-11-23;5-3(6)1-2-4(7)8/h8-15,20-21,28H,7,16-19H2,1-6H3;1-2H,(H,5,6)(H,7,8)/b;2-1-. The average molecular weight is 530 g/mol. The number of rotatable bonds is 14. The third-order valence-corrected chi connectivity index (χ3v) is 5.76. The minimum atomic E-state index is -1.26. The number of carboxylic acid groups (broad SMARTS) is 2. The van der Waals surface area contributed by atoms with Gasteiger partial charge in [0.2, 0.25) is 0 Å². The lowest BCUT2D eigenvalue weighted by atomic mass is 9.82. The van der Waals surface area contributed by atoms with Gasteiger partial charge in [-0.15, -0.1) is 0 Å². The van der Waals surface area contributed by atoms with Gasteiger partial charge < -0.3 is 29.7 Å². The van der Waals surface area contributed by atoms with Crippen LogP contribution in [-0.2, 0) is 15.2 Å². The van der Waals surface area contributed by atoms with E-state index in [-0.39, 0.29) is 0 Å². The van der Waals surface area contributed by atoms with Gasteiger partial charge in [0, 0.05) is 25.2 Å². The van der Waals surface area contributed by atoms with Crippen LogP contribution in [0.4, 0.5) is 0 Å². The first kappa shape index (κ1) is 32.7. The summed E-state index contributed by atoms with van der Waals surface area (Å²) in [5, 5.41) is 27.5. The van der Waals surface area contributed by atoms with E-state index in [2.05, 4.69) is 32.6 Å². The Balaban J connectivity index is 0.000000781. The second-order valence-corrected chi connectivity index (χ2v) is 9.98. The number of methoxy groups -OCH3 is 2. The summed E-state index contributed by atoms with van der Waals surface area (Å²) >= 11 is 0. The van der Waals surface area contributed by atoms with Crippen molar-refractivity contribution in [1.29, 1.82) is 0 Å². The normalized spacial score (nSPS) is 11.5. The molecule has 0 saturated carbocycles. The summed E-state index contributed by atoms with van der Waals surface area (Å²) < 4.78 is 10.6. The SMILES string of the molecule is COc1ccc(C(O)(CCCN(CC(C)C)CC(C)C)c2ccc(OC)cc2)cc1.O=C(O)/C=C\C(=O)O. The Hall–Kier alpha value is -3.36. The van der Waals surface area contributed by atoms with E-state index in [1.165, 1.54) is 0 Å². The number of ether oxygens (including phenoxy) is 2.